The molecule has 2 aromatic carbocycles. The number of phenols is 1. The van der Waals surface area contributed by atoms with Gasteiger partial charge in [0, 0.05) is 16.7 Å². The van der Waals surface area contributed by atoms with Crippen molar-refractivity contribution in [2.24, 2.45) is 0 Å². The minimum Gasteiger partial charge on any atom is -0.507 e. The molecule has 0 aromatic heterocycles. The van der Waals surface area contributed by atoms with Gasteiger partial charge in [-0.15, -0.1) is 0 Å². The molecule has 0 unspecified atom stereocenters. The molecule has 7 nitrogen and oxygen atoms in total. The summed E-state index contributed by atoms with van der Waals surface area (Å²) in [6, 6.07) is 5.65. The maximum Gasteiger partial charge on any atom is 0.336 e. The molecule has 0 saturated carbocycles. The first kappa shape index (κ1) is 14.5. The minimum absolute atomic E-state index is 0.118. The topological polar surface area (TPSA) is 129 Å². The van der Waals surface area contributed by atoms with Gasteiger partial charge in [0.2, 0.25) is 0 Å². The maximum atomic E-state index is 12.5. The van der Waals surface area contributed by atoms with Crippen molar-refractivity contribution < 1.29 is 34.5 Å². The summed E-state index contributed by atoms with van der Waals surface area (Å²) in [6.07, 6.45) is 0. The number of phenolic OH excluding ortho intramolecular Hbond substituents is 1. The highest BCUT2D eigenvalue weighted by atomic mass is 16.4. The van der Waals surface area contributed by atoms with Crippen LogP contribution in [0.3, 0.4) is 0 Å². The van der Waals surface area contributed by atoms with E-state index >= 15 is 0 Å². The molecule has 3 N–H and O–H groups in total. The smallest absolute Gasteiger partial charge is 0.336 e. The minimum atomic E-state index is -1.52. The van der Waals surface area contributed by atoms with Crippen molar-refractivity contribution in [2.45, 2.75) is 0 Å². The van der Waals surface area contributed by atoms with Crippen LogP contribution in [-0.2, 0) is 0 Å². The highest BCUT2D eigenvalue weighted by molar-refractivity contribution is 6.31. The molecule has 114 valence electrons. The van der Waals surface area contributed by atoms with Crippen LogP contribution < -0.4 is 0 Å². The van der Waals surface area contributed by atoms with Crippen molar-refractivity contribution in [1.82, 2.24) is 0 Å². The van der Waals surface area contributed by atoms with Gasteiger partial charge in [-0.05, 0) is 18.2 Å². The number of carbonyl (C=O) groups is 4. The lowest BCUT2D eigenvalue weighted by molar-refractivity contribution is 0.0692. The fourth-order valence-corrected chi connectivity index (χ4v) is 2.60. The third kappa shape index (κ3) is 1.98. The van der Waals surface area contributed by atoms with E-state index in [4.69, 9.17) is 5.11 Å². The second kappa shape index (κ2) is 4.77. The molecule has 0 bridgehead atoms. The van der Waals surface area contributed by atoms with Crippen molar-refractivity contribution in [1.29, 1.82) is 0 Å². The number of hydrogen-bond donors (Lipinski definition) is 3. The Balaban J connectivity index is 2.41. The van der Waals surface area contributed by atoms with Crippen LogP contribution in [-0.4, -0.2) is 38.8 Å². The van der Waals surface area contributed by atoms with Crippen molar-refractivity contribution >= 4 is 23.5 Å². The number of hydrogen-bond acceptors (Lipinski definition) is 5. The number of ketones is 2. The van der Waals surface area contributed by atoms with E-state index in [2.05, 4.69) is 0 Å². The number of carboxylic acids is 2. The fraction of sp³-hybridized carbons (Fsp3) is 0. The molecule has 0 saturated heterocycles. The molecule has 1 aliphatic carbocycles. The Morgan fingerprint density at radius 1 is 0.826 bits per heavy atom. The molecule has 2 aromatic rings. The quantitative estimate of drug-likeness (QED) is 0.654. The molecule has 0 spiro atoms. The van der Waals surface area contributed by atoms with E-state index in [9.17, 15) is 29.4 Å². The first-order chi connectivity index (χ1) is 10.8. The van der Waals surface area contributed by atoms with E-state index < -0.39 is 40.4 Å². The van der Waals surface area contributed by atoms with Gasteiger partial charge in [0.05, 0.1) is 16.7 Å². The van der Waals surface area contributed by atoms with E-state index in [0.717, 1.165) is 12.1 Å². The Morgan fingerprint density at radius 2 is 1.48 bits per heavy atom. The number of carbonyl (C=O) groups excluding carboxylic acids is 2. The first-order valence-corrected chi connectivity index (χ1v) is 6.39. The Bertz CT molecular complexity index is 924. The van der Waals surface area contributed by atoms with Gasteiger partial charge in [-0.2, -0.15) is 0 Å². The summed E-state index contributed by atoms with van der Waals surface area (Å²) in [5.41, 5.74) is -2.09. The largest absolute Gasteiger partial charge is 0.507 e. The predicted octanol–water partition coefficient (Wildman–Crippen LogP) is 1.56. The molecule has 23 heavy (non-hydrogen) atoms. The van der Waals surface area contributed by atoms with Gasteiger partial charge in [0.1, 0.15) is 5.75 Å². The second-order valence-corrected chi connectivity index (χ2v) is 4.91. The number of fused-ring (bicyclic) bond motifs is 2. The maximum absolute atomic E-state index is 12.5. The lowest BCUT2D eigenvalue weighted by Gasteiger charge is -2.20. The SMILES string of the molecule is O=C(O)c1cc(C(=O)O)c2c(c1)C(=O)c1c(O)cccc1C2=O. The van der Waals surface area contributed by atoms with E-state index in [-0.39, 0.29) is 22.3 Å². The Kier molecular flexibility index (Phi) is 3.00. The van der Waals surface area contributed by atoms with Crippen molar-refractivity contribution in [3.63, 3.8) is 0 Å². The molecule has 3 rings (SSSR count). The summed E-state index contributed by atoms with van der Waals surface area (Å²) in [7, 11) is 0. The lowest BCUT2D eigenvalue weighted by Crippen LogP contribution is -2.25. The second-order valence-electron chi connectivity index (χ2n) is 4.91. The molecular formula is C16H8O7. The molecule has 0 amide bonds. The third-order valence-corrected chi connectivity index (χ3v) is 3.60. The van der Waals surface area contributed by atoms with E-state index in [1.807, 2.05) is 0 Å². The van der Waals surface area contributed by atoms with Crippen molar-refractivity contribution in [2.75, 3.05) is 0 Å². The molecular weight excluding hydrogens is 304 g/mol. The summed E-state index contributed by atoms with van der Waals surface area (Å²) < 4.78 is 0. The number of carboxylic acid groups (broad SMARTS) is 2. The highest BCUT2D eigenvalue weighted by Crippen LogP contribution is 2.34. The molecule has 0 fully saturated rings. The third-order valence-electron chi connectivity index (χ3n) is 3.60. The van der Waals surface area contributed by atoms with Gasteiger partial charge >= 0.3 is 11.9 Å². The molecule has 0 aliphatic heterocycles. The van der Waals surface area contributed by atoms with Crippen LogP contribution >= 0.6 is 0 Å². The standard InChI is InChI=1S/C16H8O7/c17-10-3-1-2-7-12(10)14(19)8-4-6(15(20)21)5-9(16(22)23)11(8)13(7)18/h1-5,17H,(H,20,21)(H,22,23). The zero-order chi connectivity index (χ0) is 16.9. The Morgan fingerprint density at radius 3 is 2.09 bits per heavy atom. The summed E-state index contributed by atoms with van der Waals surface area (Å²) >= 11 is 0. The summed E-state index contributed by atoms with van der Waals surface area (Å²) in [5.74, 6) is -4.92. The number of benzene rings is 2. The number of aromatic carboxylic acids is 2. The van der Waals surface area contributed by atoms with Gasteiger partial charge in [-0.3, -0.25) is 9.59 Å². The molecule has 7 heteroatoms. The lowest BCUT2D eigenvalue weighted by atomic mass is 9.80. The van der Waals surface area contributed by atoms with Crippen LogP contribution in [0.25, 0.3) is 0 Å². The van der Waals surface area contributed by atoms with E-state index in [1.54, 1.807) is 0 Å². The van der Waals surface area contributed by atoms with Crippen molar-refractivity contribution in [3.05, 3.63) is 63.7 Å². The zero-order valence-electron chi connectivity index (χ0n) is 11.4. The van der Waals surface area contributed by atoms with Gasteiger partial charge in [-0.25, -0.2) is 9.59 Å². The van der Waals surface area contributed by atoms with Crippen LogP contribution in [0.5, 0.6) is 5.75 Å². The van der Waals surface area contributed by atoms with Crippen LogP contribution in [0.4, 0.5) is 0 Å². The number of aromatic hydroxyl groups is 1. The predicted molar refractivity (Wildman–Crippen MR) is 75.3 cm³/mol. The van der Waals surface area contributed by atoms with Crippen LogP contribution in [0.2, 0.25) is 0 Å². The normalized spacial score (nSPS) is 12.5. The molecule has 0 heterocycles. The van der Waals surface area contributed by atoms with Crippen LogP contribution in [0.15, 0.2) is 30.3 Å². The van der Waals surface area contributed by atoms with E-state index in [1.165, 1.54) is 18.2 Å². The molecule has 0 radical (unpaired) electrons. The highest BCUT2D eigenvalue weighted by Gasteiger charge is 2.36. The van der Waals surface area contributed by atoms with Gasteiger partial charge in [-0.1, -0.05) is 12.1 Å². The summed E-state index contributed by atoms with van der Waals surface area (Å²) in [5, 5.41) is 28.1. The summed E-state index contributed by atoms with van der Waals surface area (Å²) in [4.78, 5) is 47.6. The fourth-order valence-electron chi connectivity index (χ4n) is 2.60. The molecule has 0 atom stereocenters. The monoisotopic (exact) mass is 312 g/mol. The van der Waals surface area contributed by atoms with E-state index in [0.29, 0.717) is 0 Å². The summed E-state index contributed by atoms with van der Waals surface area (Å²) in [6.45, 7) is 0. The van der Waals surface area contributed by atoms with Gasteiger partial charge in [0.25, 0.3) is 0 Å². The Labute approximate surface area is 128 Å². The number of rotatable bonds is 2. The zero-order valence-corrected chi connectivity index (χ0v) is 11.4. The van der Waals surface area contributed by atoms with Gasteiger partial charge in [0.15, 0.2) is 11.6 Å². The average Bonchev–Trinajstić information content (AvgIpc) is 2.51. The molecule has 1 aliphatic rings. The average molecular weight is 312 g/mol. The Hall–Kier alpha value is -3.48. The van der Waals surface area contributed by atoms with Crippen LogP contribution in [0.1, 0.15) is 52.6 Å². The van der Waals surface area contributed by atoms with Gasteiger partial charge < -0.3 is 15.3 Å². The first-order valence-electron chi connectivity index (χ1n) is 6.39. The van der Waals surface area contributed by atoms with Crippen LogP contribution in [0, 0.1) is 0 Å². The van der Waals surface area contributed by atoms with Crippen molar-refractivity contribution in [3.8, 4) is 5.75 Å².